The minimum atomic E-state index is -0.341. The van der Waals surface area contributed by atoms with Crippen LogP contribution in [0, 0.1) is 11.7 Å². The van der Waals surface area contributed by atoms with E-state index in [1.54, 1.807) is 4.90 Å². The summed E-state index contributed by atoms with van der Waals surface area (Å²) in [5.41, 5.74) is 1.39. The number of hydrogen-bond donors (Lipinski definition) is 2. The molecule has 0 bridgehead atoms. The van der Waals surface area contributed by atoms with E-state index >= 15 is 0 Å². The summed E-state index contributed by atoms with van der Waals surface area (Å²) >= 11 is 0. The van der Waals surface area contributed by atoms with Gasteiger partial charge in [0.05, 0.1) is 0 Å². The van der Waals surface area contributed by atoms with Crippen LogP contribution in [0.3, 0.4) is 0 Å². The minimum Gasteiger partial charge on any atom is -0.483 e. The minimum absolute atomic E-state index is 0.0703. The second kappa shape index (κ2) is 9.68. The summed E-state index contributed by atoms with van der Waals surface area (Å²) < 4.78 is 24.7. The molecule has 3 amide bonds. The molecule has 7 nitrogen and oxygen atoms in total. The molecule has 0 atom stereocenters. The van der Waals surface area contributed by atoms with Gasteiger partial charge in [-0.2, -0.15) is 0 Å². The molecule has 2 N–H and O–H groups in total. The molecule has 2 aliphatic heterocycles. The average molecular weight is 456 g/mol. The molecular formula is C25H30FN3O4. The zero-order chi connectivity index (χ0) is 23.4. The Bertz CT molecular complexity index is 1000. The van der Waals surface area contributed by atoms with Crippen LogP contribution in [0.2, 0.25) is 0 Å². The highest BCUT2D eigenvalue weighted by Crippen LogP contribution is 2.41. The molecule has 1 saturated heterocycles. The second-order valence-electron chi connectivity index (χ2n) is 9.24. The third kappa shape index (κ3) is 5.94. The summed E-state index contributed by atoms with van der Waals surface area (Å²) in [6, 6.07) is 11.3. The lowest BCUT2D eigenvalue weighted by Crippen LogP contribution is -2.43. The van der Waals surface area contributed by atoms with Crippen molar-refractivity contribution in [1.29, 1.82) is 0 Å². The van der Waals surface area contributed by atoms with Crippen molar-refractivity contribution < 1.29 is 23.5 Å². The first-order valence-corrected chi connectivity index (χ1v) is 11.3. The summed E-state index contributed by atoms with van der Waals surface area (Å²) in [4.78, 5) is 26.4. The number of carbonyl (C=O) groups is 2. The molecule has 8 heteroatoms. The molecule has 0 radical (unpaired) electrons. The van der Waals surface area contributed by atoms with E-state index in [-0.39, 0.29) is 30.0 Å². The molecule has 0 spiro atoms. The highest BCUT2D eigenvalue weighted by atomic mass is 19.1. The molecular weight excluding hydrogens is 425 g/mol. The highest BCUT2D eigenvalue weighted by molar-refractivity contribution is 5.89. The number of urea groups is 1. The first-order valence-electron chi connectivity index (χ1n) is 11.3. The van der Waals surface area contributed by atoms with Gasteiger partial charge in [0, 0.05) is 37.3 Å². The van der Waals surface area contributed by atoms with Crippen molar-refractivity contribution >= 4 is 17.6 Å². The van der Waals surface area contributed by atoms with E-state index in [4.69, 9.17) is 9.47 Å². The van der Waals surface area contributed by atoms with E-state index in [1.807, 2.05) is 32.0 Å². The van der Waals surface area contributed by atoms with Crippen molar-refractivity contribution in [3.05, 3.63) is 53.8 Å². The third-order valence-electron chi connectivity index (χ3n) is 6.00. The molecule has 0 aliphatic carbocycles. The van der Waals surface area contributed by atoms with Crippen molar-refractivity contribution in [3.8, 4) is 11.5 Å². The summed E-state index contributed by atoms with van der Waals surface area (Å²) in [5.74, 6) is 1.09. The Labute approximate surface area is 193 Å². The Morgan fingerprint density at radius 3 is 2.61 bits per heavy atom. The van der Waals surface area contributed by atoms with Crippen LogP contribution in [0.4, 0.5) is 14.9 Å². The van der Waals surface area contributed by atoms with Gasteiger partial charge in [0.2, 0.25) is 0 Å². The Balaban J connectivity index is 1.17. The number of fused-ring (bicyclic) bond motifs is 1. The van der Waals surface area contributed by atoms with Crippen molar-refractivity contribution in [2.75, 3.05) is 31.6 Å². The van der Waals surface area contributed by atoms with Gasteiger partial charge >= 0.3 is 6.03 Å². The van der Waals surface area contributed by atoms with Crippen LogP contribution in [0.5, 0.6) is 11.5 Å². The number of para-hydroxylation sites is 1. The fraction of sp³-hybridized carbons (Fsp3) is 0.440. The molecule has 2 aromatic carbocycles. The van der Waals surface area contributed by atoms with Crippen LogP contribution in [-0.4, -0.2) is 48.7 Å². The quantitative estimate of drug-likeness (QED) is 0.691. The van der Waals surface area contributed by atoms with Gasteiger partial charge in [-0.3, -0.25) is 4.79 Å². The van der Waals surface area contributed by atoms with E-state index in [0.29, 0.717) is 37.0 Å². The Hall–Kier alpha value is -3.29. The Morgan fingerprint density at radius 1 is 1.15 bits per heavy atom. The first-order chi connectivity index (χ1) is 15.8. The zero-order valence-corrected chi connectivity index (χ0v) is 19.0. The smallest absolute Gasteiger partial charge is 0.321 e. The predicted molar refractivity (Wildman–Crippen MR) is 123 cm³/mol. The van der Waals surface area contributed by atoms with Crippen LogP contribution in [0.25, 0.3) is 0 Å². The molecule has 0 aromatic heterocycles. The fourth-order valence-electron chi connectivity index (χ4n) is 4.23. The Kier molecular flexibility index (Phi) is 6.72. The highest BCUT2D eigenvalue weighted by Gasteiger charge is 2.32. The molecule has 2 aromatic rings. The largest absolute Gasteiger partial charge is 0.483 e. The number of carbonyl (C=O) groups excluding carboxylic acids is 2. The van der Waals surface area contributed by atoms with E-state index in [9.17, 15) is 14.0 Å². The molecule has 2 aliphatic rings. The SMILES string of the molecule is CC1(C)Cc2cccc(OCC(=O)NCC3CCN(C(=O)Nc4ccc(F)cc4)CC3)c2O1. The number of rotatable bonds is 6. The van der Waals surface area contributed by atoms with E-state index < -0.39 is 0 Å². The maximum Gasteiger partial charge on any atom is 0.321 e. The van der Waals surface area contributed by atoms with Crippen LogP contribution in [0.1, 0.15) is 32.3 Å². The van der Waals surface area contributed by atoms with E-state index in [2.05, 4.69) is 10.6 Å². The van der Waals surface area contributed by atoms with Gasteiger partial charge in [-0.05, 0) is 62.9 Å². The monoisotopic (exact) mass is 455 g/mol. The number of likely N-dealkylation sites (tertiary alicyclic amines) is 1. The topological polar surface area (TPSA) is 79.9 Å². The van der Waals surface area contributed by atoms with Gasteiger partial charge < -0.3 is 25.0 Å². The summed E-state index contributed by atoms with van der Waals surface area (Å²) in [6.07, 6.45) is 2.41. The maximum absolute atomic E-state index is 13.0. The summed E-state index contributed by atoms with van der Waals surface area (Å²) in [7, 11) is 0. The number of ether oxygens (including phenoxy) is 2. The number of piperidine rings is 1. The molecule has 1 fully saturated rings. The molecule has 4 rings (SSSR count). The van der Waals surface area contributed by atoms with E-state index in [0.717, 1.165) is 30.6 Å². The lowest BCUT2D eigenvalue weighted by atomic mass is 9.97. The predicted octanol–water partition coefficient (Wildman–Crippen LogP) is 3.98. The molecule has 0 unspecified atom stereocenters. The zero-order valence-electron chi connectivity index (χ0n) is 19.0. The van der Waals surface area contributed by atoms with Crippen molar-refractivity contribution in [2.24, 2.45) is 5.92 Å². The molecule has 176 valence electrons. The molecule has 2 heterocycles. The maximum atomic E-state index is 13.0. The van der Waals surface area contributed by atoms with Gasteiger partial charge in [-0.25, -0.2) is 9.18 Å². The van der Waals surface area contributed by atoms with Crippen molar-refractivity contribution in [2.45, 2.75) is 38.7 Å². The Morgan fingerprint density at radius 2 is 1.88 bits per heavy atom. The van der Waals surface area contributed by atoms with Gasteiger partial charge in [0.25, 0.3) is 5.91 Å². The van der Waals surface area contributed by atoms with Gasteiger partial charge in [-0.1, -0.05) is 12.1 Å². The number of nitrogens with one attached hydrogen (secondary N) is 2. The number of anilines is 1. The van der Waals surface area contributed by atoms with Crippen LogP contribution in [0.15, 0.2) is 42.5 Å². The number of nitrogens with zero attached hydrogens (tertiary/aromatic N) is 1. The fourth-order valence-corrected chi connectivity index (χ4v) is 4.23. The lowest BCUT2D eigenvalue weighted by Gasteiger charge is -2.32. The average Bonchev–Trinajstić information content (AvgIpc) is 3.12. The molecule has 33 heavy (non-hydrogen) atoms. The summed E-state index contributed by atoms with van der Waals surface area (Å²) in [5, 5.41) is 5.72. The lowest BCUT2D eigenvalue weighted by molar-refractivity contribution is -0.123. The second-order valence-corrected chi connectivity index (χ2v) is 9.24. The van der Waals surface area contributed by atoms with Crippen LogP contribution < -0.4 is 20.1 Å². The van der Waals surface area contributed by atoms with Crippen molar-refractivity contribution in [3.63, 3.8) is 0 Å². The van der Waals surface area contributed by atoms with Crippen molar-refractivity contribution in [1.82, 2.24) is 10.2 Å². The number of amides is 3. The number of benzene rings is 2. The van der Waals surface area contributed by atoms with Crippen LogP contribution >= 0.6 is 0 Å². The van der Waals surface area contributed by atoms with Gasteiger partial charge in [-0.15, -0.1) is 0 Å². The molecule has 0 saturated carbocycles. The number of hydrogen-bond acceptors (Lipinski definition) is 4. The summed E-state index contributed by atoms with van der Waals surface area (Å²) in [6.45, 7) is 5.74. The van der Waals surface area contributed by atoms with Gasteiger partial charge in [0.15, 0.2) is 18.1 Å². The normalized spacial score (nSPS) is 17.1. The van der Waals surface area contributed by atoms with E-state index in [1.165, 1.54) is 24.3 Å². The van der Waals surface area contributed by atoms with Gasteiger partial charge in [0.1, 0.15) is 11.4 Å². The van der Waals surface area contributed by atoms with Crippen LogP contribution in [-0.2, 0) is 11.2 Å². The third-order valence-corrected chi connectivity index (χ3v) is 6.00. The first kappa shape index (κ1) is 22.9. The number of halogens is 1. The standard InChI is InChI=1S/C25H30FN3O4/c1-25(2)14-18-4-3-5-21(23(18)33-25)32-16-22(30)27-15-17-10-12-29(13-11-17)24(31)28-20-8-6-19(26)7-9-20/h3-9,17H,10-16H2,1-2H3,(H,27,30)(H,28,31).